The standard InChI is InChI=1S/C13H25N3O2.ClH/c1-11(17)15(3)10-13(18)16-8-5-12(6-9-16)4-7-14-2;/h12,14H,4-10H2,1-3H3;1H. The number of hydrogen-bond donors (Lipinski definition) is 1. The van der Waals surface area contributed by atoms with E-state index in [1.54, 1.807) is 7.05 Å². The van der Waals surface area contributed by atoms with Gasteiger partial charge in [-0.3, -0.25) is 9.59 Å². The van der Waals surface area contributed by atoms with Gasteiger partial charge in [0.2, 0.25) is 11.8 Å². The third-order valence-electron chi connectivity index (χ3n) is 3.68. The Kier molecular flexibility index (Phi) is 8.76. The van der Waals surface area contributed by atoms with E-state index < -0.39 is 0 Å². The molecule has 0 aliphatic carbocycles. The summed E-state index contributed by atoms with van der Waals surface area (Å²) in [5.74, 6) is 0.735. The molecular weight excluding hydrogens is 266 g/mol. The SMILES string of the molecule is CNCCC1CCN(C(=O)CN(C)C(C)=O)CC1.Cl. The van der Waals surface area contributed by atoms with Crippen LogP contribution in [0.15, 0.2) is 0 Å². The second kappa shape index (κ2) is 9.15. The van der Waals surface area contributed by atoms with Gasteiger partial charge in [-0.05, 0) is 38.8 Å². The molecule has 1 saturated heterocycles. The summed E-state index contributed by atoms with van der Waals surface area (Å²) in [4.78, 5) is 26.4. The number of hydrogen-bond acceptors (Lipinski definition) is 3. The number of likely N-dealkylation sites (tertiary alicyclic amines) is 1. The molecule has 0 bridgehead atoms. The van der Waals surface area contributed by atoms with Crippen LogP contribution in [0.1, 0.15) is 26.2 Å². The zero-order valence-corrected chi connectivity index (χ0v) is 13.0. The van der Waals surface area contributed by atoms with Gasteiger partial charge in [-0.25, -0.2) is 0 Å². The van der Waals surface area contributed by atoms with Crippen molar-refractivity contribution < 1.29 is 9.59 Å². The molecule has 0 aromatic carbocycles. The minimum absolute atomic E-state index is 0. The van der Waals surface area contributed by atoms with Gasteiger partial charge >= 0.3 is 0 Å². The van der Waals surface area contributed by atoms with Crippen LogP contribution in [0.5, 0.6) is 0 Å². The molecule has 1 heterocycles. The quantitative estimate of drug-likeness (QED) is 0.813. The van der Waals surface area contributed by atoms with Crippen molar-refractivity contribution in [2.45, 2.75) is 26.2 Å². The maximum Gasteiger partial charge on any atom is 0.242 e. The molecule has 0 spiro atoms. The van der Waals surface area contributed by atoms with Crippen molar-refractivity contribution in [1.82, 2.24) is 15.1 Å². The van der Waals surface area contributed by atoms with Crippen molar-refractivity contribution in [3.8, 4) is 0 Å². The van der Waals surface area contributed by atoms with Crippen LogP contribution in [-0.2, 0) is 9.59 Å². The number of halogens is 1. The Morgan fingerprint density at radius 1 is 1.32 bits per heavy atom. The zero-order chi connectivity index (χ0) is 13.5. The molecule has 5 nitrogen and oxygen atoms in total. The lowest BCUT2D eigenvalue weighted by Crippen LogP contribution is -2.44. The molecule has 1 aliphatic heterocycles. The predicted octanol–water partition coefficient (Wildman–Crippen LogP) is 0.735. The number of amides is 2. The van der Waals surface area contributed by atoms with Crippen molar-refractivity contribution in [3.63, 3.8) is 0 Å². The Balaban J connectivity index is 0.00000324. The molecule has 6 heteroatoms. The number of likely N-dealkylation sites (N-methyl/N-ethyl adjacent to an activating group) is 1. The van der Waals surface area contributed by atoms with Crippen LogP contribution >= 0.6 is 12.4 Å². The van der Waals surface area contributed by atoms with Gasteiger partial charge in [0.1, 0.15) is 0 Å². The topological polar surface area (TPSA) is 52.7 Å². The molecule has 1 rings (SSSR count). The van der Waals surface area contributed by atoms with Crippen LogP contribution in [-0.4, -0.2) is 61.9 Å². The summed E-state index contributed by atoms with van der Waals surface area (Å²) in [7, 11) is 3.64. The first-order valence-corrected chi connectivity index (χ1v) is 6.68. The molecule has 0 radical (unpaired) electrons. The molecule has 1 fully saturated rings. The first kappa shape index (κ1) is 18.2. The summed E-state index contributed by atoms with van der Waals surface area (Å²) in [6.07, 6.45) is 3.35. The molecule has 112 valence electrons. The van der Waals surface area contributed by atoms with Gasteiger partial charge in [-0.2, -0.15) is 0 Å². The summed E-state index contributed by atoms with van der Waals surface area (Å²) in [6.45, 7) is 4.40. The van der Waals surface area contributed by atoms with Gasteiger partial charge in [0, 0.05) is 27.1 Å². The highest BCUT2D eigenvalue weighted by Gasteiger charge is 2.23. The van der Waals surface area contributed by atoms with Crippen LogP contribution < -0.4 is 5.32 Å². The third-order valence-corrected chi connectivity index (χ3v) is 3.68. The van der Waals surface area contributed by atoms with Gasteiger partial charge in [-0.1, -0.05) is 0 Å². The van der Waals surface area contributed by atoms with E-state index in [-0.39, 0.29) is 30.8 Å². The zero-order valence-electron chi connectivity index (χ0n) is 12.1. The molecule has 0 aromatic heterocycles. The van der Waals surface area contributed by atoms with E-state index in [0.29, 0.717) is 0 Å². The predicted molar refractivity (Wildman–Crippen MR) is 78.4 cm³/mol. The number of nitrogens with zero attached hydrogens (tertiary/aromatic N) is 2. The Morgan fingerprint density at radius 3 is 2.37 bits per heavy atom. The fourth-order valence-electron chi connectivity index (χ4n) is 2.23. The fourth-order valence-corrected chi connectivity index (χ4v) is 2.23. The van der Waals surface area contributed by atoms with E-state index in [0.717, 1.165) is 38.4 Å². The van der Waals surface area contributed by atoms with Crippen molar-refractivity contribution in [2.75, 3.05) is 40.3 Å². The lowest BCUT2D eigenvalue weighted by molar-refractivity contribution is -0.139. The van der Waals surface area contributed by atoms with E-state index >= 15 is 0 Å². The van der Waals surface area contributed by atoms with Crippen molar-refractivity contribution in [1.29, 1.82) is 0 Å². The molecule has 19 heavy (non-hydrogen) atoms. The Morgan fingerprint density at radius 2 is 1.89 bits per heavy atom. The molecule has 0 saturated carbocycles. The highest BCUT2D eigenvalue weighted by molar-refractivity contribution is 5.85. The molecule has 2 amide bonds. The summed E-state index contributed by atoms with van der Waals surface area (Å²) < 4.78 is 0. The van der Waals surface area contributed by atoms with E-state index in [1.807, 2.05) is 11.9 Å². The fraction of sp³-hybridized carbons (Fsp3) is 0.846. The van der Waals surface area contributed by atoms with Crippen molar-refractivity contribution in [3.05, 3.63) is 0 Å². The third kappa shape index (κ3) is 6.25. The molecule has 0 aromatic rings. The first-order chi connectivity index (χ1) is 8.54. The minimum atomic E-state index is -0.0627. The summed E-state index contributed by atoms with van der Waals surface area (Å²) >= 11 is 0. The molecule has 1 aliphatic rings. The molecule has 1 N–H and O–H groups in total. The van der Waals surface area contributed by atoms with Gasteiger partial charge in [0.25, 0.3) is 0 Å². The molecule has 0 atom stereocenters. The number of carbonyl (C=O) groups is 2. The van der Waals surface area contributed by atoms with Gasteiger partial charge in [0.05, 0.1) is 6.54 Å². The number of carbonyl (C=O) groups excluding carboxylic acids is 2. The second-order valence-corrected chi connectivity index (χ2v) is 5.09. The van der Waals surface area contributed by atoms with E-state index in [1.165, 1.54) is 18.2 Å². The maximum atomic E-state index is 12.0. The van der Waals surface area contributed by atoms with Crippen molar-refractivity contribution >= 4 is 24.2 Å². The monoisotopic (exact) mass is 291 g/mol. The minimum Gasteiger partial charge on any atom is -0.341 e. The summed E-state index contributed by atoms with van der Waals surface area (Å²) in [5, 5.41) is 3.16. The molecule has 0 unspecified atom stereocenters. The van der Waals surface area contributed by atoms with Crippen molar-refractivity contribution in [2.24, 2.45) is 5.92 Å². The smallest absolute Gasteiger partial charge is 0.242 e. The van der Waals surface area contributed by atoms with Gasteiger partial charge in [-0.15, -0.1) is 12.4 Å². The highest BCUT2D eigenvalue weighted by atomic mass is 35.5. The Hall–Kier alpha value is -0.810. The van der Waals surface area contributed by atoms with Crippen LogP contribution in [0, 0.1) is 5.92 Å². The normalized spacial score (nSPS) is 15.8. The molecular formula is C13H26ClN3O2. The summed E-state index contributed by atoms with van der Waals surface area (Å²) in [6, 6.07) is 0. The van der Waals surface area contributed by atoms with E-state index in [9.17, 15) is 9.59 Å². The average molecular weight is 292 g/mol. The average Bonchev–Trinajstić information content (AvgIpc) is 2.36. The maximum absolute atomic E-state index is 12.0. The van der Waals surface area contributed by atoms with Crippen LogP contribution in [0.4, 0.5) is 0 Å². The van der Waals surface area contributed by atoms with E-state index in [2.05, 4.69) is 5.32 Å². The van der Waals surface area contributed by atoms with Crippen LogP contribution in [0.25, 0.3) is 0 Å². The number of piperidine rings is 1. The largest absolute Gasteiger partial charge is 0.341 e. The Bertz CT molecular complexity index is 292. The highest BCUT2D eigenvalue weighted by Crippen LogP contribution is 2.20. The first-order valence-electron chi connectivity index (χ1n) is 6.68. The van der Waals surface area contributed by atoms with Gasteiger partial charge in [0.15, 0.2) is 0 Å². The second-order valence-electron chi connectivity index (χ2n) is 5.09. The Labute approximate surface area is 122 Å². The van der Waals surface area contributed by atoms with Crippen LogP contribution in [0.2, 0.25) is 0 Å². The number of nitrogens with one attached hydrogen (secondary N) is 1. The number of rotatable bonds is 5. The lowest BCUT2D eigenvalue weighted by Gasteiger charge is -2.33. The van der Waals surface area contributed by atoms with E-state index in [4.69, 9.17) is 0 Å². The summed E-state index contributed by atoms with van der Waals surface area (Å²) in [5.41, 5.74) is 0. The lowest BCUT2D eigenvalue weighted by atomic mass is 9.93. The van der Waals surface area contributed by atoms with Gasteiger partial charge < -0.3 is 15.1 Å². The van der Waals surface area contributed by atoms with Crippen LogP contribution in [0.3, 0.4) is 0 Å².